The standard InChI is InChI=1S/C8H11NO4/c1-5-3-6(4-9-12-2)13-7(5)8(10)11/h3,9H,4H2,1-2H3,(H,10,11). The first kappa shape index (κ1) is 9.76. The number of nitrogens with one attached hydrogen (secondary N) is 1. The van der Waals surface area contributed by atoms with Crippen molar-refractivity contribution in [1.29, 1.82) is 0 Å². The molecule has 0 unspecified atom stereocenters. The van der Waals surface area contributed by atoms with Crippen LogP contribution < -0.4 is 5.48 Å². The van der Waals surface area contributed by atoms with Crippen LogP contribution >= 0.6 is 0 Å². The molecule has 0 aliphatic heterocycles. The van der Waals surface area contributed by atoms with Gasteiger partial charge in [-0.05, 0) is 13.0 Å². The van der Waals surface area contributed by atoms with Crippen molar-refractivity contribution in [2.75, 3.05) is 7.11 Å². The van der Waals surface area contributed by atoms with Crippen LogP contribution in [0.4, 0.5) is 0 Å². The molecule has 13 heavy (non-hydrogen) atoms. The third-order valence-electron chi connectivity index (χ3n) is 1.55. The monoisotopic (exact) mass is 185 g/mol. The zero-order valence-corrected chi connectivity index (χ0v) is 7.46. The highest BCUT2D eigenvalue weighted by molar-refractivity contribution is 5.86. The van der Waals surface area contributed by atoms with Gasteiger partial charge in [0.1, 0.15) is 5.76 Å². The van der Waals surface area contributed by atoms with Gasteiger partial charge in [-0.1, -0.05) is 0 Å². The number of aryl methyl sites for hydroxylation is 1. The fraction of sp³-hybridized carbons (Fsp3) is 0.375. The quantitative estimate of drug-likeness (QED) is 0.683. The van der Waals surface area contributed by atoms with Gasteiger partial charge in [0, 0.05) is 5.56 Å². The molecule has 5 nitrogen and oxygen atoms in total. The van der Waals surface area contributed by atoms with Crippen molar-refractivity contribution in [1.82, 2.24) is 5.48 Å². The van der Waals surface area contributed by atoms with Gasteiger partial charge in [-0.2, -0.15) is 5.48 Å². The van der Waals surface area contributed by atoms with E-state index in [0.717, 1.165) is 0 Å². The van der Waals surface area contributed by atoms with Crippen LogP contribution in [0.15, 0.2) is 10.5 Å². The van der Waals surface area contributed by atoms with E-state index in [1.165, 1.54) is 7.11 Å². The maximum absolute atomic E-state index is 10.6. The third kappa shape index (κ3) is 2.30. The topological polar surface area (TPSA) is 71.7 Å². The molecular formula is C8H11NO4. The summed E-state index contributed by atoms with van der Waals surface area (Å²) in [6, 6.07) is 1.66. The van der Waals surface area contributed by atoms with Crippen LogP contribution in [0.5, 0.6) is 0 Å². The number of hydrogen-bond donors (Lipinski definition) is 2. The van der Waals surface area contributed by atoms with Gasteiger partial charge in [-0.3, -0.25) is 0 Å². The second-order valence-corrected chi connectivity index (χ2v) is 2.56. The number of aromatic carboxylic acids is 1. The molecule has 0 aromatic carbocycles. The van der Waals surface area contributed by atoms with Gasteiger partial charge in [-0.15, -0.1) is 0 Å². The number of carboxylic acid groups (broad SMARTS) is 1. The zero-order chi connectivity index (χ0) is 9.84. The summed E-state index contributed by atoms with van der Waals surface area (Å²) >= 11 is 0. The summed E-state index contributed by atoms with van der Waals surface area (Å²) in [5.74, 6) is -0.536. The highest BCUT2D eigenvalue weighted by Crippen LogP contribution is 2.14. The first-order valence-electron chi connectivity index (χ1n) is 3.73. The molecule has 0 atom stereocenters. The first-order valence-corrected chi connectivity index (χ1v) is 3.73. The smallest absolute Gasteiger partial charge is 0.372 e. The highest BCUT2D eigenvalue weighted by atomic mass is 16.6. The van der Waals surface area contributed by atoms with Crippen LogP contribution in [0.3, 0.4) is 0 Å². The minimum Gasteiger partial charge on any atom is -0.475 e. The number of rotatable bonds is 4. The SMILES string of the molecule is CONCc1cc(C)c(C(=O)O)o1. The van der Waals surface area contributed by atoms with Gasteiger partial charge < -0.3 is 14.4 Å². The van der Waals surface area contributed by atoms with Crippen molar-refractivity contribution in [3.05, 3.63) is 23.2 Å². The van der Waals surface area contributed by atoms with Crippen molar-refractivity contribution >= 4 is 5.97 Å². The van der Waals surface area contributed by atoms with Crippen molar-refractivity contribution in [3.8, 4) is 0 Å². The van der Waals surface area contributed by atoms with E-state index in [-0.39, 0.29) is 5.76 Å². The highest BCUT2D eigenvalue weighted by Gasteiger charge is 2.13. The van der Waals surface area contributed by atoms with Crippen LogP contribution in [0.1, 0.15) is 21.9 Å². The van der Waals surface area contributed by atoms with E-state index in [9.17, 15) is 4.79 Å². The normalized spacial score (nSPS) is 10.3. The Morgan fingerprint density at radius 3 is 2.92 bits per heavy atom. The van der Waals surface area contributed by atoms with Gasteiger partial charge in [0.05, 0.1) is 13.7 Å². The van der Waals surface area contributed by atoms with E-state index in [2.05, 4.69) is 10.3 Å². The summed E-state index contributed by atoms with van der Waals surface area (Å²) in [5, 5.41) is 8.66. The van der Waals surface area contributed by atoms with E-state index < -0.39 is 5.97 Å². The Kier molecular flexibility index (Phi) is 3.05. The molecule has 0 amide bonds. The average molecular weight is 185 g/mol. The Bertz CT molecular complexity index is 305. The second kappa shape index (κ2) is 4.06. The molecule has 0 aliphatic rings. The van der Waals surface area contributed by atoms with Gasteiger partial charge >= 0.3 is 5.97 Å². The summed E-state index contributed by atoms with van der Waals surface area (Å²) in [5.41, 5.74) is 3.17. The summed E-state index contributed by atoms with van der Waals surface area (Å²) in [7, 11) is 1.48. The number of carbonyl (C=O) groups is 1. The van der Waals surface area contributed by atoms with Crippen molar-refractivity contribution in [2.24, 2.45) is 0 Å². The zero-order valence-electron chi connectivity index (χ0n) is 7.46. The van der Waals surface area contributed by atoms with Crippen molar-refractivity contribution < 1.29 is 19.2 Å². The van der Waals surface area contributed by atoms with Gasteiger partial charge in [-0.25, -0.2) is 4.79 Å². The average Bonchev–Trinajstić information content (AvgIpc) is 2.43. The minimum atomic E-state index is -1.05. The summed E-state index contributed by atoms with van der Waals surface area (Å²) < 4.78 is 5.04. The van der Waals surface area contributed by atoms with Crippen LogP contribution in [0.2, 0.25) is 0 Å². The Morgan fingerprint density at radius 2 is 2.46 bits per heavy atom. The number of carboxylic acids is 1. The molecule has 0 saturated carbocycles. The molecule has 0 spiro atoms. The van der Waals surface area contributed by atoms with Crippen molar-refractivity contribution in [2.45, 2.75) is 13.5 Å². The molecule has 0 radical (unpaired) electrons. The van der Waals surface area contributed by atoms with Gasteiger partial charge in [0.25, 0.3) is 0 Å². The molecule has 0 aliphatic carbocycles. The molecule has 1 rings (SSSR count). The fourth-order valence-corrected chi connectivity index (χ4v) is 0.991. The molecule has 2 N–H and O–H groups in total. The Hall–Kier alpha value is -1.33. The number of hydroxylamine groups is 1. The van der Waals surface area contributed by atoms with E-state index in [1.54, 1.807) is 13.0 Å². The Balaban J connectivity index is 2.76. The van der Waals surface area contributed by atoms with Crippen molar-refractivity contribution in [3.63, 3.8) is 0 Å². The summed E-state index contributed by atoms with van der Waals surface area (Å²) in [6.45, 7) is 2.04. The lowest BCUT2D eigenvalue weighted by Gasteiger charge is -1.95. The number of furan rings is 1. The van der Waals surface area contributed by atoms with Gasteiger partial charge in [0.2, 0.25) is 5.76 Å². The lowest BCUT2D eigenvalue weighted by atomic mass is 10.2. The molecule has 1 heterocycles. The van der Waals surface area contributed by atoms with E-state index >= 15 is 0 Å². The molecule has 72 valence electrons. The molecule has 0 saturated heterocycles. The van der Waals surface area contributed by atoms with Crippen LogP contribution in [0.25, 0.3) is 0 Å². The summed E-state index contributed by atoms with van der Waals surface area (Å²) in [4.78, 5) is 15.2. The Labute approximate surface area is 75.3 Å². The van der Waals surface area contributed by atoms with Crippen LogP contribution in [-0.2, 0) is 11.4 Å². The maximum atomic E-state index is 10.6. The molecular weight excluding hydrogens is 174 g/mol. The molecule has 0 fully saturated rings. The molecule has 1 aromatic rings. The van der Waals surface area contributed by atoms with E-state index in [0.29, 0.717) is 17.9 Å². The minimum absolute atomic E-state index is 0.0205. The molecule has 1 aromatic heterocycles. The fourth-order valence-electron chi connectivity index (χ4n) is 0.991. The lowest BCUT2D eigenvalue weighted by molar-refractivity contribution is 0.0645. The number of hydrogen-bond acceptors (Lipinski definition) is 4. The predicted octanol–water partition coefficient (Wildman–Crippen LogP) is 0.937. The van der Waals surface area contributed by atoms with E-state index in [1.807, 2.05) is 0 Å². The first-order chi connectivity index (χ1) is 6.15. The Morgan fingerprint density at radius 1 is 1.77 bits per heavy atom. The molecule has 5 heteroatoms. The van der Waals surface area contributed by atoms with Gasteiger partial charge in [0.15, 0.2) is 0 Å². The predicted molar refractivity (Wildman–Crippen MR) is 44.3 cm³/mol. The largest absolute Gasteiger partial charge is 0.475 e. The third-order valence-corrected chi connectivity index (χ3v) is 1.55. The van der Waals surface area contributed by atoms with Crippen LogP contribution in [-0.4, -0.2) is 18.2 Å². The van der Waals surface area contributed by atoms with Crippen LogP contribution in [0, 0.1) is 6.92 Å². The maximum Gasteiger partial charge on any atom is 0.372 e. The second-order valence-electron chi connectivity index (χ2n) is 2.56. The van der Waals surface area contributed by atoms with E-state index in [4.69, 9.17) is 9.52 Å². The lowest BCUT2D eigenvalue weighted by Crippen LogP contribution is -2.09. The molecule has 0 bridgehead atoms. The summed E-state index contributed by atoms with van der Waals surface area (Å²) in [6.07, 6.45) is 0.